The minimum absolute atomic E-state index is 0.0640. The van der Waals surface area contributed by atoms with Crippen LogP contribution in [-0.2, 0) is 12.8 Å². The van der Waals surface area contributed by atoms with Crippen molar-refractivity contribution >= 4 is 22.7 Å². The molecule has 1 aromatic heterocycles. The molecule has 2 N–H and O–H groups in total. The first-order valence-electron chi connectivity index (χ1n) is 15.1. The van der Waals surface area contributed by atoms with Crippen molar-refractivity contribution in [1.29, 1.82) is 0 Å². The molecule has 0 unspecified atom stereocenters. The summed E-state index contributed by atoms with van der Waals surface area (Å²) in [4.78, 5) is 35.8. The maximum Gasteiger partial charge on any atom is 0.251 e. The maximum atomic E-state index is 13.6. The van der Waals surface area contributed by atoms with Gasteiger partial charge in [0, 0.05) is 35.3 Å². The smallest absolute Gasteiger partial charge is 0.251 e. The number of likely N-dealkylation sites (N-methyl/N-ethyl adjacent to an activating group) is 1. The Bertz CT molecular complexity index is 1460. The lowest BCUT2D eigenvalue weighted by molar-refractivity contribution is 0.0857. The lowest BCUT2D eigenvalue weighted by Gasteiger charge is -2.36. The first-order chi connectivity index (χ1) is 19.7. The lowest BCUT2D eigenvalue weighted by Crippen LogP contribution is -2.57. The van der Waals surface area contributed by atoms with Gasteiger partial charge in [-0.2, -0.15) is 0 Å². The molecule has 1 aliphatic heterocycles. The molecule has 2 aromatic carbocycles. The number of benzene rings is 2. The number of rotatable bonds is 9. The van der Waals surface area contributed by atoms with Gasteiger partial charge in [0.2, 0.25) is 0 Å². The number of carbonyl (C=O) groups excluding carboxylic acids is 2. The zero-order valence-corrected chi connectivity index (χ0v) is 24.9. The van der Waals surface area contributed by atoms with Gasteiger partial charge in [0.15, 0.2) is 0 Å². The first-order valence-corrected chi connectivity index (χ1v) is 15.1. The van der Waals surface area contributed by atoms with E-state index in [0.29, 0.717) is 16.5 Å². The Morgan fingerprint density at radius 2 is 1.85 bits per heavy atom. The van der Waals surface area contributed by atoms with Crippen LogP contribution in [0.2, 0.25) is 0 Å². The second kappa shape index (κ2) is 11.2. The quantitative estimate of drug-likeness (QED) is 0.405. The third-order valence-electron chi connectivity index (χ3n) is 9.59. The van der Waals surface area contributed by atoms with E-state index in [9.17, 15) is 9.59 Å². The fourth-order valence-electron chi connectivity index (χ4n) is 6.58. The average molecular weight is 554 g/mol. The molecule has 6 rings (SSSR count). The van der Waals surface area contributed by atoms with Gasteiger partial charge in [-0.25, -0.2) is 0 Å². The van der Waals surface area contributed by atoms with E-state index >= 15 is 0 Å². The summed E-state index contributed by atoms with van der Waals surface area (Å²) in [7, 11) is 6.11. The molecule has 0 spiro atoms. The van der Waals surface area contributed by atoms with Crippen LogP contribution in [0, 0.1) is 11.3 Å². The lowest BCUT2D eigenvalue weighted by atomic mass is 9.77. The summed E-state index contributed by atoms with van der Waals surface area (Å²) in [5, 5.41) is 7.43. The van der Waals surface area contributed by atoms with Gasteiger partial charge in [-0.1, -0.05) is 19.1 Å². The molecule has 7 nitrogen and oxygen atoms in total. The summed E-state index contributed by atoms with van der Waals surface area (Å²) in [6, 6.07) is 15.8. The van der Waals surface area contributed by atoms with Gasteiger partial charge in [0.1, 0.15) is 0 Å². The molecule has 41 heavy (non-hydrogen) atoms. The number of pyridine rings is 1. The SMILES string of the molecule is CN(C)CC[C@@H](NC(=O)c1ccc2nc3c(cc2c1)C[C@@H](C1(C)CC1)CC3)c1cccc(C(=O)NC2CN(C)C2)c1. The molecule has 2 aliphatic carbocycles. The van der Waals surface area contributed by atoms with Crippen molar-refractivity contribution in [2.45, 2.75) is 57.5 Å². The monoisotopic (exact) mass is 553 g/mol. The maximum absolute atomic E-state index is 13.6. The fourth-order valence-corrected chi connectivity index (χ4v) is 6.58. The van der Waals surface area contributed by atoms with Crippen LogP contribution in [0.3, 0.4) is 0 Å². The Hall–Kier alpha value is -3.29. The molecule has 3 aliphatic rings. The first kappa shape index (κ1) is 27.9. The minimum atomic E-state index is -0.218. The zero-order valence-electron chi connectivity index (χ0n) is 24.9. The van der Waals surface area contributed by atoms with Gasteiger partial charge in [-0.05, 0) is 125 Å². The molecule has 2 fully saturated rings. The van der Waals surface area contributed by atoms with E-state index in [4.69, 9.17) is 4.98 Å². The van der Waals surface area contributed by atoms with Crippen LogP contribution < -0.4 is 10.6 Å². The number of hydrogen-bond acceptors (Lipinski definition) is 5. The zero-order chi connectivity index (χ0) is 28.7. The van der Waals surface area contributed by atoms with Crippen molar-refractivity contribution in [3.8, 4) is 0 Å². The van der Waals surface area contributed by atoms with Crippen LogP contribution in [0.25, 0.3) is 10.9 Å². The van der Waals surface area contributed by atoms with Crippen molar-refractivity contribution in [3.05, 3.63) is 76.5 Å². The molecular formula is C34H43N5O2. The van der Waals surface area contributed by atoms with E-state index in [0.717, 1.165) is 61.3 Å². The molecule has 7 heteroatoms. The Labute approximate surface area is 243 Å². The number of aromatic nitrogens is 1. The van der Waals surface area contributed by atoms with Crippen molar-refractivity contribution in [2.75, 3.05) is 40.8 Å². The summed E-state index contributed by atoms with van der Waals surface area (Å²) >= 11 is 0. The van der Waals surface area contributed by atoms with Crippen LogP contribution in [0.4, 0.5) is 0 Å². The van der Waals surface area contributed by atoms with Gasteiger partial charge in [0.25, 0.3) is 11.8 Å². The normalized spacial score (nSPS) is 20.8. The van der Waals surface area contributed by atoms with E-state index in [1.165, 1.54) is 30.5 Å². The van der Waals surface area contributed by atoms with Gasteiger partial charge < -0.3 is 20.4 Å². The third-order valence-corrected chi connectivity index (χ3v) is 9.59. The highest BCUT2D eigenvalue weighted by Crippen LogP contribution is 2.55. The van der Waals surface area contributed by atoms with Crippen molar-refractivity contribution < 1.29 is 9.59 Å². The average Bonchev–Trinajstić information content (AvgIpc) is 3.70. The highest BCUT2D eigenvalue weighted by molar-refractivity contribution is 5.98. The van der Waals surface area contributed by atoms with E-state index in [-0.39, 0.29) is 23.9 Å². The van der Waals surface area contributed by atoms with Crippen molar-refractivity contribution in [2.24, 2.45) is 11.3 Å². The van der Waals surface area contributed by atoms with E-state index < -0.39 is 0 Å². The number of amides is 2. The number of nitrogens with zero attached hydrogens (tertiary/aromatic N) is 3. The van der Waals surface area contributed by atoms with Crippen LogP contribution >= 0.6 is 0 Å². The topological polar surface area (TPSA) is 77.6 Å². The molecular weight excluding hydrogens is 510 g/mol. The minimum Gasteiger partial charge on any atom is -0.347 e. The molecule has 1 saturated carbocycles. The van der Waals surface area contributed by atoms with Gasteiger partial charge in [0.05, 0.1) is 17.6 Å². The molecule has 0 bridgehead atoms. The Balaban J connectivity index is 1.20. The molecule has 216 valence electrons. The Morgan fingerprint density at radius 3 is 2.59 bits per heavy atom. The van der Waals surface area contributed by atoms with Crippen LogP contribution in [-0.4, -0.2) is 73.4 Å². The molecule has 1 saturated heterocycles. The predicted octanol–water partition coefficient (Wildman–Crippen LogP) is 4.61. The number of hydrogen-bond donors (Lipinski definition) is 2. The largest absolute Gasteiger partial charge is 0.347 e. The summed E-state index contributed by atoms with van der Waals surface area (Å²) in [5.41, 5.74) is 6.26. The predicted molar refractivity (Wildman–Crippen MR) is 163 cm³/mol. The second-order valence-electron chi connectivity index (χ2n) is 13.2. The summed E-state index contributed by atoms with van der Waals surface area (Å²) in [6.07, 6.45) is 6.81. The van der Waals surface area contributed by atoms with Crippen LogP contribution in [0.1, 0.15) is 76.2 Å². The van der Waals surface area contributed by atoms with Crippen molar-refractivity contribution in [3.63, 3.8) is 0 Å². The van der Waals surface area contributed by atoms with Gasteiger partial charge >= 0.3 is 0 Å². The Kier molecular flexibility index (Phi) is 7.60. The van der Waals surface area contributed by atoms with Gasteiger partial charge in [-0.3, -0.25) is 14.6 Å². The second-order valence-corrected chi connectivity index (χ2v) is 13.2. The molecule has 3 aromatic rings. The van der Waals surface area contributed by atoms with E-state index in [1.807, 2.05) is 63.6 Å². The summed E-state index contributed by atoms with van der Waals surface area (Å²) < 4.78 is 0. The van der Waals surface area contributed by atoms with Crippen molar-refractivity contribution in [1.82, 2.24) is 25.4 Å². The number of likely N-dealkylation sites (tertiary alicyclic amines) is 1. The van der Waals surface area contributed by atoms with Crippen LogP contribution in [0.5, 0.6) is 0 Å². The van der Waals surface area contributed by atoms with Crippen LogP contribution in [0.15, 0.2) is 48.5 Å². The molecule has 2 heterocycles. The summed E-state index contributed by atoms with van der Waals surface area (Å²) in [5.74, 6) is 0.570. The highest BCUT2D eigenvalue weighted by Gasteiger charge is 2.45. The molecule has 2 amide bonds. The summed E-state index contributed by atoms with van der Waals surface area (Å²) in [6.45, 7) is 4.99. The van der Waals surface area contributed by atoms with E-state index in [1.54, 1.807) is 0 Å². The number of carbonyl (C=O) groups is 2. The third kappa shape index (κ3) is 6.16. The fraction of sp³-hybridized carbons (Fsp3) is 0.500. The number of fused-ring (bicyclic) bond motifs is 2. The van der Waals surface area contributed by atoms with Gasteiger partial charge in [-0.15, -0.1) is 0 Å². The molecule has 2 atom stereocenters. The Morgan fingerprint density at radius 1 is 1.07 bits per heavy atom. The number of aryl methyl sites for hydroxylation is 1. The van der Waals surface area contributed by atoms with E-state index in [2.05, 4.69) is 33.4 Å². The standard InChI is InChI=1S/C34H43N5O2/c1-34(13-14-34)27-9-11-30-26(19-27)18-25-17-24(8-10-29(25)36-30)33(41)37-31(12-15-38(2)3)22-6-5-7-23(16-22)32(40)35-28-20-39(4)21-28/h5-8,10,16-18,27-28,31H,9,11-15,19-21H2,1-4H3,(H,35,40)(H,37,41)/t27-,31+/m0/s1. The molecule has 0 radical (unpaired) electrons. The highest BCUT2D eigenvalue weighted by atomic mass is 16.2. The number of nitrogens with one attached hydrogen (secondary N) is 2.